The number of pyridine rings is 1. The van der Waals surface area contributed by atoms with E-state index in [4.69, 9.17) is 0 Å². The fraction of sp³-hybridized carbons (Fsp3) is 0.583. The van der Waals surface area contributed by atoms with Crippen molar-refractivity contribution in [2.24, 2.45) is 5.92 Å². The highest BCUT2D eigenvalue weighted by Gasteiger charge is 2.08. The van der Waals surface area contributed by atoms with Gasteiger partial charge in [0.2, 0.25) is 0 Å². The molecule has 14 heavy (non-hydrogen) atoms. The van der Waals surface area contributed by atoms with Gasteiger partial charge in [-0.25, -0.2) is 0 Å². The second-order valence-electron chi connectivity index (χ2n) is 3.91. The molecule has 2 nitrogen and oxygen atoms in total. The first-order chi connectivity index (χ1) is 6.74. The quantitative estimate of drug-likeness (QED) is 0.775. The minimum Gasteiger partial charge on any atom is -0.310 e. The van der Waals surface area contributed by atoms with Crippen LogP contribution in [0.4, 0.5) is 0 Å². The average Bonchev–Trinajstić information content (AvgIpc) is 2.26. The highest BCUT2D eigenvalue weighted by atomic mass is 14.9. The Morgan fingerprint density at radius 1 is 1.29 bits per heavy atom. The third-order valence-electron chi connectivity index (χ3n) is 2.88. The van der Waals surface area contributed by atoms with E-state index in [0.717, 1.165) is 12.5 Å². The first-order valence-electron chi connectivity index (χ1n) is 5.36. The molecule has 0 bridgehead atoms. The Kier molecular flexibility index (Phi) is 4.60. The highest BCUT2D eigenvalue weighted by molar-refractivity contribution is 5.09. The fourth-order valence-electron chi connectivity index (χ4n) is 1.33. The molecule has 0 aliphatic heterocycles. The third-order valence-corrected chi connectivity index (χ3v) is 2.88. The molecule has 0 radical (unpaired) electrons. The summed E-state index contributed by atoms with van der Waals surface area (Å²) in [6.45, 7) is 7.70. The van der Waals surface area contributed by atoms with Crippen LogP contribution < -0.4 is 5.32 Å². The Morgan fingerprint density at radius 3 is 2.50 bits per heavy atom. The van der Waals surface area contributed by atoms with Crippen LogP contribution in [0.5, 0.6) is 0 Å². The maximum atomic E-state index is 4.00. The minimum atomic E-state index is 0.577. The summed E-state index contributed by atoms with van der Waals surface area (Å²) < 4.78 is 0. The van der Waals surface area contributed by atoms with E-state index >= 15 is 0 Å². The fourth-order valence-corrected chi connectivity index (χ4v) is 1.33. The zero-order valence-corrected chi connectivity index (χ0v) is 9.33. The SMILES string of the molecule is CC[C@@H](C)[C@H](C)NCc1ccncc1. The Balaban J connectivity index is 2.34. The van der Waals surface area contributed by atoms with Gasteiger partial charge in [0.05, 0.1) is 0 Å². The molecule has 0 saturated carbocycles. The normalized spacial score (nSPS) is 15.1. The van der Waals surface area contributed by atoms with Gasteiger partial charge < -0.3 is 5.32 Å². The molecule has 0 unspecified atom stereocenters. The van der Waals surface area contributed by atoms with Gasteiger partial charge in [-0.3, -0.25) is 4.98 Å². The van der Waals surface area contributed by atoms with Gasteiger partial charge in [0.15, 0.2) is 0 Å². The monoisotopic (exact) mass is 192 g/mol. The summed E-state index contributed by atoms with van der Waals surface area (Å²) in [5, 5.41) is 3.52. The van der Waals surface area contributed by atoms with Crippen molar-refractivity contribution in [3.63, 3.8) is 0 Å². The largest absolute Gasteiger partial charge is 0.310 e. The summed E-state index contributed by atoms with van der Waals surface area (Å²) in [5.74, 6) is 0.733. The molecule has 0 amide bonds. The van der Waals surface area contributed by atoms with Crippen molar-refractivity contribution in [2.45, 2.75) is 39.8 Å². The van der Waals surface area contributed by atoms with Gasteiger partial charge in [-0.2, -0.15) is 0 Å². The van der Waals surface area contributed by atoms with Gasteiger partial charge in [-0.1, -0.05) is 20.3 Å². The van der Waals surface area contributed by atoms with Crippen LogP contribution >= 0.6 is 0 Å². The molecule has 0 spiro atoms. The molecule has 0 aliphatic rings. The van der Waals surface area contributed by atoms with Gasteiger partial charge in [0.1, 0.15) is 0 Å². The summed E-state index contributed by atoms with van der Waals surface area (Å²) in [7, 11) is 0. The van der Waals surface area contributed by atoms with E-state index in [1.54, 1.807) is 0 Å². The lowest BCUT2D eigenvalue weighted by Crippen LogP contribution is -2.31. The molecule has 1 aromatic rings. The lowest BCUT2D eigenvalue weighted by atomic mass is 10.0. The minimum absolute atomic E-state index is 0.577. The molecular weight excluding hydrogens is 172 g/mol. The summed E-state index contributed by atoms with van der Waals surface area (Å²) in [4.78, 5) is 4.00. The second kappa shape index (κ2) is 5.76. The van der Waals surface area contributed by atoms with E-state index in [1.807, 2.05) is 12.4 Å². The smallest absolute Gasteiger partial charge is 0.0271 e. The second-order valence-corrected chi connectivity index (χ2v) is 3.91. The van der Waals surface area contributed by atoms with Gasteiger partial charge >= 0.3 is 0 Å². The molecule has 0 aromatic carbocycles. The Bertz CT molecular complexity index is 246. The van der Waals surface area contributed by atoms with Gasteiger partial charge in [-0.05, 0) is 30.5 Å². The standard InChI is InChI=1S/C12H20N2/c1-4-10(2)11(3)14-9-12-5-7-13-8-6-12/h5-8,10-11,14H,4,9H2,1-3H3/t10-,11+/m1/s1. The van der Waals surface area contributed by atoms with Crippen LogP contribution in [-0.2, 0) is 6.54 Å². The molecule has 2 heteroatoms. The topological polar surface area (TPSA) is 24.9 Å². The molecule has 1 rings (SSSR count). The number of nitrogens with zero attached hydrogens (tertiary/aromatic N) is 1. The lowest BCUT2D eigenvalue weighted by Gasteiger charge is -2.19. The molecule has 1 aromatic heterocycles. The molecule has 78 valence electrons. The van der Waals surface area contributed by atoms with Crippen LogP contribution in [0, 0.1) is 5.92 Å². The van der Waals surface area contributed by atoms with Crippen molar-refractivity contribution in [1.82, 2.24) is 10.3 Å². The summed E-state index contributed by atoms with van der Waals surface area (Å²) >= 11 is 0. The van der Waals surface area contributed by atoms with Crippen molar-refractivity contribution < 1.29 is 0 Å². The van der Waals surface area contributed by atoms with Crippen LogP contribution in [0.3, 0.4) is 0 Å². The summed E-state index contributed by atoms with van der Waals surface area (Å²) in [6.07, 6.45) is 4.90. The molecule has 2 atom stereocenters. The number of nitrogens with one attached hydrogen (secondary N) is 1. The molecular formula is C12H20N2. The summed E-state index contributed by atoms with van der Waals surface area (Å²) in [6, 6.07) is 4.68. The van der Waals surface area contributed by atoms with Gasteiger partial charge in [-0.15, -0.1) is 0 Å². The van der Waals surface area contributed by atoms with Crippen LogP contribution in [0.25, 0.3) is 0 Å². The van der Waals surface area contributed by atoms with E-state index < -0.39 is 0 Å². The van der Waals surface area contributed by atoms with Gasteiger partial charge in [0, 0.05) is 25.0 Å². The van der Waals surface area contributed by atoms with Crippen LogP contribution in [0.2, 0.25) is 0 Å². The Hall–Kier alpha value is -0.890. The Labute approximate surface area is 86.8 Å². The molecule has 0 saturated heterocycles. The zero-order valence-electron chi connectivity index (χ0n) is 9.33. The van der Waals surface area contributed by atoms with E-state index in [2.05, 4.69) is 43.2 Å². The van der Waals surface area contributed by atoms with E-state index in [9.17, 15) is 0 Å². The van der Waals surface area contributed by atoms with Gasteiger partial charge in [0.25, 0.3) is 0 Å². The number of aromatic nitrogens is 1. The summed E-state index contributed by atoms with van der Waals surface area (Å²) in [5.41, 5.74) is 1.30. The predicted molar refractivity (Wildman–Crippen MR) is 60.0 cm³/mol. The number of hydrogen-bond donors (Lipinski definition) is 1. The zero-order chi connectivity index (χ0) is 10.4. The third kappa shape index (κ3) is 3.46. The number of rotatable bonds is 5. The van der Waals surface area contributed by atoms with E-state index in [-0.39, 0.29) is 0 Å². The first kappa shape index (κ1) is 11.2. The first-order valence-corrected chi connectivity index (χ1v) is 5.36. The van der Waals surface area contributed by atoms with Crippen molar-refractivity contribution in [3.05, 3.63) is 30.1 Å². The van der Waals surface area contributed by atoms with Crippen LogP contribution in [0.15, 0.2) is 24.5 Å². The average molecular weight is 192 g/mol. The number of hydrogen-bond acceptors (Lipinski definition) is 2. The van der Waals surface area contributed by atoms with Crippen LogP contribution in [-0.4, -0.2) is 11.0 Å². The van der Waals surface area contributed by atoms with Crippen molar-refractivity contribution in [1.29, 1.82) is 0 Å². The lowest BCUT2D eigenvalue weighted by molar-refractivity contribution is 0.389. The van der Waals surface area contributed by atoms with Crippen molar-refractivity contribution in [3.8, 4) is 0 Å². The molecule has 1 N–H and O–H groups in total. The molecule has 1 heterocycles. The maximum Gasteiger partial charge on any atom is 0.0271 e. The highest BCUT2D eigenvalue weighted by Crippen LogP contribution is 2.07. The maximum absolute atomic E-state index is 4.00. The van der Waals surface area contributed by atoms with E-state index in [1.165, 1.54) is 12.0 Å². The molecule has 0 fully saturated rings. The van der Waals surface area contributed by atoms with Crippen LogP contribution in [0.1, 0.15) is 32.8 Å². The molecule has 0 aliphatic carbocycles. The van der Waals surface area contributed by atoms with Crippen molar-refractivity contribution >= 4 is 0 Å². The predicted octanol–water partition coefficient (Wildman–Crippen LogP) is 2.61. The Morgan fingerprint density at radius 2 is 1.93 bits per heavy atom. The van der Waals surface area contributed by atoms with E-state index in [0.29, 0.717) is 6.04 Å². The van der Waals surface area contributed by atoms with Crippen molar-refractivity contribution in [2.75, 3.05) is 0 Å².